The van der Waals surface area contributed by atoms with Crippen LogP contribution in [-0.4, -0.2) is 35.1 Å². The lowest BCUT2D eigenvalue weighted by Gasteiger charge is -2.40. The van der Waals surface area contributed by atoms with E-state index in [2.05, 4.69) is 10.2 Å². The average Bonchev–Trinajstić information content (AvgIpc) is 2.92. The summed E-state index contributed by atoms with van der Waals surface area (Å²) in [6.07, 6.45) is 0.264. The largest absolute Gasteiger partial charge is 0.508 e. The van der Waals surface area contributed by atoms with Crippen LogP contribution in [0.15, 0.2) is 66.7 Å². The van der Waals surface area contributed by atoms with Gasteiger partial charge in [0.2, 0.25) is 6.41 Å². The molecule has 0 aromatic heterocycles. The number of esters is 2. The van der Waals surface area contributed by atoms with Crippen LogP contribution in [0, 0.1) is 10.1 Å². The van der Waals surface area contributed by atoms with Gasteiger partial charge in [0.15, 0.2) is 0 Å². The molecule has 1 amide bonds. The molecule has 1 aliphatic heterocycles. The summed E-state index contributed by atoms with van der Waals surface area (Å²) >= 11 is 15.1. The van der Waals surface area contributed by atoms with Crippen molar-refractivity contribution in [3.63, 3.8) is 0 Å². The second-order valence-corrected chi connectivity index (χ2v) is 29.5. The van der Waals surface area contributed by atoms with Crippen molar-refractivity contribution in [1.82, 2.24) is 0 Å². The smallest absolute Gasteiger partial charge is 0.347 e. The lowest BCUT2D eigenvalue weighted by atomic mass is 10.1. The fourth-order valence-corrected chi connectivity index (χ4v) is 45.7. The van der Waals surface area contributed by atoms with E-state index in [0.717, 1.165) is 10.6 Å². The number of carbonyl (C=O) groups excluding carboxylic acids is 3. The van der Waals surface area contributed by atoms with Crippen molar-refractivity contribution in [2.45, 2.75) is 12.8 Å². The van der Waals surface area contributed by atoms with Crippen molar-refractivity contribution < 1.29 is 38.9 Å². The van der Waals surface area contributed by atoms with Gasteiger partial charge in [-0.3, -0.25) is 9.59 Å². The van der Waals surface area contributed by atoms with E-state index in [-0.39, 0.29) is 47.9 Å². The van der Waals surface area contributed by atoms with Crippen LogP contribution in [0.4, 0.5) is 5.69 Å². The fourth-order valence-electron chi connectivity index (χ4n) is 3.44. The van der Waals surface area contributed by atoms with Crippen molar-refractivity contribution in [2.24, 2.45) is 0 Å². The van der Waals surface area contributed by atoms with Crippen LogP contribution in [0.2, 0.25) is 0 Å². The second-order valence-electron chi connectivity index (χ2n) is 8.17. The maximum Gasteiger partial charge on any atom is 0.347 e. The Morgan fingerprint density at radius 3 is 2.17 bits per heavy atom. The third-order valence-electron chi connectivity index (χ3n) is 5.33. The van der Waals surface area contributed by atoms with Crippen LogP contribution in [0.25, 0.3) is 0 Å². The highest BCUT2D eigenvalue weighted by Gasteiger charge is 2.45. The minimum Gasteiger partial charge on any atom is -0.508 e. The molecule has 17 heteroatoms. The van der Waals surface area contributed by atoms with Crippen molar-refractivity contribution in [3.8, 4) is 17.2 Å². The molecule has 41 heavy (non-hydrogen) atoms. The Morgan fingerprint density at radius 1 is 0.976 bits per heavy atom. The molecule has 0 aliphatic carbocycles. The van der Waals surface area contributed by atoms with Gasteiger partial charge in [0.05, 0.1) is 15.5 Å². The van der Waals surface area contributed by atoms with Crippen LogP contribution >= 0.6 is 30.9 Å². The molecule has 1 heterocycles. The van der Waals surface area contributed by atoms with E-state index in [1.807, 2.05) is 12.1 Å². The molecule has 1 saturated heterocycles. The Labute approximate surface area is 251 Å². The summed E-state index contributed by atoms with van der Waals surface area (Å²) in [5.41, 5.74) is 0.144. The van der Waals surface area contributed by atoms with E-state index in [0.29, 0.717) is 6.41 Å². The third kappa shape index (κ3) is 7.88. The van der Waals surface area contributed by atoms with Gasteiger partial charge in [-0.05, 0) is 73.2 Å². The van der Waals surface area contributed by atoms with Crippen molar-refractivity contribution >= 4 is 89.1 Å². The van der Waals surface area contributed by atoms with Gasteiger partial charge >= 0.3 is 11.9 Å². The highest BCUT2D eigenvalue weighted by atomic mass is 33.7. The molecule has 4 rings (SSSR count). The van der Waals surface area contributed by atoms with Crippen LogP contribution in [0.5, 0.6) is 17.2 Å². The molecule has 0 unspecified atom stereocenters. The van der Waals surface area contributed by atoms with E-state index in [1.165, 1.54) is 18.2 Å². The number of phenols is 1. The molecule has 2 N–H and O–H groups in total. The Kier molecular flexibility index (Phi) is 10.1. The topological polar surface area (TPSA) is 154 Å². The number of anilines is 1. The van der Waals surface area contributed by atoms with Crippen LogP contribution in [0.3, 0.4) is 0 Å². The summed E-state index contributed by atoms with van der Waals surface area (Å²) in [6.45, 7) is -0.286. The number of aromatic hydroxyl groups is 1. The zero-order valence-corrected chi connectivity index (χ0v) is 25.8. The number of hydrogen-bond acceptors (Lipinski definition) is 13. The number of phenolic OH excluding ortho intramolecular Hbond substituents is 1. The number of nitrogens with zero attached hydrogens (tertiary/aromatic N) is 1. The molecule has 1 aliphatic rings. The minimum atomic E-state index is -2.05. The number of benzene rings is 3. The first kappa shape index (κ1) is 31.0. The summed E-state index contributed by atoms with van der Waals surface area (Å²) in [7, 11) is 0. The molecule has 0 bridgehead atoms. The monoisotopic (exact) mass is 670 g/mol. The SMILES string of the molecule is O=CNc1ccc(OC(=O)CCCO[N+](=O)[O-])c(C(=O)Oc2ccc(P3(=S)SP(=S)(c4ccc(O)cc4)S3)cc2)c1. The van der Waals surface area contributed by atoms with Crippen molar-refractivity contribution in [3.05, 3.63) is 82.4 Å². The van der Waals surface area contributed by atoms with E-state index in [4.69, 9.17) is 33.1 Å². The van der Waals surface area contributed by atoms with Gasteiger partial charge in [-0.2, -0.15) is 0 Å². The lowest BCUT2D eigenvalue weighted by Crippen LogP contribution is -2.16. The predicted octanol–water partition coefficient (Wildman–Crippen LogP) is 5.12. The van der Waals surface area contributed by atoms with Gasteiger partial charge in [0, 0.05) is 22.7 Å². The van der Waals surface area contributed by atoms with Crippen LogP contribution in [0.1, 0.15) is 23.2 Å². The molecule has 214 valence electrons. The number of amides is 1. The van der Waals surface area contributed by atoms with Crippen LogP contribution in [-0.2, 0) is 38.0 Å². The lowest BCUT2D eigenvalue weighted by molar-refractivity contribution is -0.757. The molecule has 0 spiro atoms. The predicted molar refractivity (Wildman–Crippen MR) is 166 cm³/mol. The number of nitrogens with one attached hydrogen (secondary N) is 1. The van der Waals surface area contributed by atoms with Gasteiger partial charge in [0.1, 0.15) is 22.8 Å². The first-order valence-corrected chi connectivity index (χ1v) is 21.2. The summed E-state index contributed by atoms with van der Waals surface area (Å²) in [5, 5.41) is 23.1. The molecule has 0 radical (unpaired) electrons. The Hall–Kier alpha value is -2.93. The van der Waals surface area contributed by atoms with E-state index < -0.39 is 25.9 Å². The molecule has 1 fully saturated rings. The summed E-state index contributed by atoms with van der Waals surface area (Å²) in [4.78, 5) is 50.6. The molecular formula is C24H20N2O9P2S4. The number of ether oxygens (including phenoxy) is 2. The van der Waals surface area contributed by atoms with Gasteiger partial charge in [-0.1, -0.05) is 45.6 Å². The average molecular weight is 671 g/mol. The van der Waals surface area contributed by atoms with Crippen molar-refractivity contribution in [2.75, 3.05) is 11.9 Å². The van der Waals surface area contributed by atoms with Gasteiger partial charge < -0.3 is 24.7 Å². The number of carbonyl (C=O) groups is 3. The first-order chi connectivity index (χ1) is 19.5. The Bertz CT molecular complexity index is 1570. The summed E-state index contributed by atoms with van der Waals surface area (Å²) in [5.74, 6) is -1.30. The first-order valence-electron chi connectivity index (χ1n) is 11.6. The normalized spacial score (nSPS) is 19.3. The van der Waals surface area contributed by atoms with Gasteiger partial charge in [0.25, 0.3) is 5.09 Å². The van der Waals surface area contributed by atoms with E-state index in [9.17, 15) is 29.6 Å². The highest BCUT2D eigenvalue weighted by molar-refractivity contribution is 9.48. The summed E-state index contributed by atoms with van der Waals surface area (Å²) < 4.78 is 6.77. The van der Waals surface area contributed by atoms with Gasteiger partial charge in [-0.25, -0.2) is 4.79 Å². The van der Waals surface area contributed by atoms with E-state index >= 15 is 0 Å². The quantitative estimate of drug-likeness (QED) is 0.0499. The molecular weight excluding hydrogens is 650 g/mol. The molecule has 0 saturated carbocycles. The summed E-state index contributed by atoms with van der Waals surface area (Å²) in [6, 6.07) is 17.7. The highest BCUT2D eigenvalue weighted by Crippen LogP contribution is 3.04. The third-order valence-corrected chi connectivity index (χ3v) is 36.6. The maximum atomic E-state index is 13.0. The molecule has 3 aromatic rings. The standard InChI is InChI=1S/C24H20N2O9P2S4/c27-15-25-16-3-12-22(35-23(29)2-1-13-33-26(31)32)21(14-16)24(30)34-18-6-10-20(11-7-18)37(39)40-36(38,41-37)19-8-4-17(28)5-9-19/h3-12,14-15,28H,1-2,13H2,(H,25,27). The number of rotatable bonds is 12. The van der Waals surface area contributed by atoms with Gasteiger partial charge in [-0.15, -0.1) is 10.1 Å². The minimum absolute atomic E-state index is 0.0316. The zero-order valence-electron chi connectivity index (χ0n) is 20.7. The number of hydrogen-bond donors (Lipinski definition) is 2. The molecule has 11 nitrogen and oxygen atoms in total. The van der Waals surface area contributed by atoms with Crippen molar-refractivity contribution in [1.29, 1.82) is 0 Å². The van der Waals surface area contributed by atoms with E-state index in [1.54, 1.807) is 58.4 Å². The zero-order chi connectivity index (χ0) is 29.6. The Morgan fingerprint density at radius 2 is 1.59 bits per heavy atom. The molecule has 0 atom stereocenters. The molecule has 3 aromatic carbocycles. The van der Waals surface area contributed by atoms with Crippen LogP contribution < -0.4 is 25.4 Å². The Balaban J connectivity index is 1.43. The second kappa shape index (κ2) is 13.4. The fraction of sp³-hybridized carbons (Fsp3) is 0.125. The maximum absolute atomic E-state index is 13.0.